The molecule has 0 aliphatic carbocycles. The first-order valence-corrected chi connectivity index (χ1v) is 9.24. The third-order valence-corrected chi connectivity index (χ3v) is 4.47. The Morgan fingerprint density at radius 3 is 1.95 bits per heavy atom. The second-order valence-electron chi connectivity index (χ2n) is 5.70. The summed E-state index contributed by atoms with van der Waals surface area (Å²) in [7, 11) is 0. The van der Waals surface area contributed by atoms with Gasteiger partial charge in [0.1, 0.15) is 12.2 Å². The van der Waals surface area contributed by atoms with Crippen LogP contribution in [-0.2, 0) is 0 Å². The molecule has 22 heavy (non-hydrogen) atoms. The Morgan fingerprint density at radius 1 is 1.00 bits per heavy atom. The zero-order valence-electron chi connectivity index (χ0n) is 13.0. The molecule has 122 valence electrons. The number of aromatic nitrogens is 2. The van der Waals surface area contributed by atoms with E-state index in [9.17, 15) is 0 Å². The van der Waals surface area contributed by atoms with E-state index in [-0.39, 0.29) is 12.2 Å². The average Bonchev–Trinajstić information content (AvgIpc) is 2.56. The van der Waals surface area contributed by atoms with Crippen molar-refractivity contribution in [1.82, 2.24) is 20.6 Å². The summed E-state index contributed by atoms with van der Waals surface area (Å²) in [6.45, 7) is 3.90. The van der Waals surface area contributed by atoms with Gasteiger partial charge in [-0.05, 0) is 45.0 Å². The Morgan fingerprint density at radius 2 is 1.55 bits per heavy atom. The van der Waals surface area contributed by atoms with E-state index in [2.05, 4.69) is 20.6 Å². The van der Waals surface area contributed by atoms with Gasteiger partial charge in [0.05, 0.1) is 6.07 Å². The van der Waals surface area contributed by atoms with Crippen molar-refractivity contribution >= 4 is 11.8 Å². The van der Waals surface area contributed by atoms with Crippen molar-refractivity contribution in [2.75, 3.05) is 32.4 Å². The summed E-state index contributed by atoms with van der Waals surface area (Å²) in [5, 5.41) is 7.40. The first-order valence-electron chi connectivity index (χ1n) is 8.01. The van der Waals surface area contributed by atoms with E-state index >= 15 is 0 Å². The SMILES string of the molecule is CSc1nc(O[C@H]2CCCNC2)cc(O[C@H]2CCCNC2)n1. The lowest BCUT2D eigenvalue weighted by atomic mass is 10.1. The Hall–Kier alpha value is -1.05. The quantitative estimate of drug-likeness (QED) is 0.628. The van der Waals surface area contributed by atoms with E-state index in [1.54, 1.807) is 0 Å². The summed E-state index contributed by atoms with van der Waals surface area (Å²) in [6.07, 6.45) is 6.74. The fraction of sp³-hybridized carbons (Fsp3) is 0.733. The van der Waals surface area contributed by atoms with Crippen LogP contribution in [0.3, 0.4) is 0 Å². The predicted molar refractivity (Wildman–Crippen MR) is 86.9 cm³/mol. The van der Waals surface area contributed by atoms with Crippen LogP contribution in [0.1, 0.15) is 25.7 Å². The lowest BCUT2D eigenvalue weighted by molar-refractivity contribution is 0.146. The fourth-order valence-electron chi connectivity index (χ4n) is 2.78. The minimum Gasteiger partial charge on any atom is -0.473 e. The van der Waals surface area contributed by atoms with Crippen molar-refractivity contribution in [2.45, 2.75) is 43.0 Å². The summed E-state index contributed by atoms with van der Waals surface area (Å²) in [5.74, 6) is 1.23. The van der Waals surface area contributed by atoms with Gasteiger partial charge in [-0.1, -0.05) is 11.8 Å². The third-order valence-electron chi connectivity index (χ3n) is 3.92. The Kier molecular flexibility index (Phi) is 5.75. The molecule has 0 radical (unpaired) electrons. The van der Waals surface area contributed by atoms with E-state index in [0.29, 0.717) is 16.9 Å². The summed E-state index contributed by atoms with van der Waals surface area (Å²) in [5.41, 5.74) is 0. The van der Waals surface area contributed by atoms with Gasteiger partial charge in [-0.15, -0.1) is 0 Å². The highest BCUT2D eigenvalue weighted by molar-refractivity contribution is 7.98. The molecular formula is C15H24N4O2S. The first kappa shape index (κ1) is 15.8. The van der Waals surface area contributed by atoms with Crippen molar-refractivity contribution in [3.8, 4) is 11.8 Å². The maximum absolute atomic E-state index is 6.01. The zero-order chi connectivity index (χ0) is 15.2. The van der Waals surface area contributed by atoms with E-state index in [1.165, 1.54) is 11.8 Å². The highest BCUT2D eigenvalue weighted by Gasteiger charge is 2.19. The maximum atomic E-state index is 6.01. The highest BCUT2D eigenvalue weighted by atomic mass is 32.2. The van der Waals surface area contributed by atoms with Crippen molar-refractivity contribution < 1.29 is 9.47 Å². The standard InChI is InChI=1S/C15H24N4O2S/c1-22-15-18-13(20-11-4-2-6-16-9-11)8-14(19-15)21-12-5-3-7-17-10-12/h8,11-12,16-17H,2-7,9-10H2,1H3/t11-,12-/m0/s1. The lowest BCUT2D eigenvalue weighted by Gasteiger charge is -2.25. The monoisotopic (exact) mass is 324 g/mol. The van der Waals surface area contributed by atoms with E-state index < -0.39 is 0 Å². The molecule has 6 nitrogen and oxygen atoms in total. The second kappa shape index (κ2) is 7.99. The Bertz CT molecular complexity index is 438. The van der Waals surface area contributed by atoms with Gasteiger partial charge in [0.25, 0.3) is 0 Å². The van der Waals surface area contributed by atoms with Gasteiger partial charge in [0.15, 0.2) is 5.16 Å². The number of ether oxygens (including phenoxy) is 2. The number of piperidine rings is 2. The van der Waals surface area contributed by atoms with Crippen LogP contribution >= 0.6 is 11.8 Å². The molecule has 7 heteroatoms. The van der Waals surface area contributed by atoms with Crippen LogP contribution in [0.4, 0.5) is 0 Å². The molecule has 2 atom stereocenters. The molecule has 1 aromatic heterocycles. The molecule has 0 aromatic carbocycles. The second-order valence-corrected chi connectivity index (χ2v) is 6.48. The van der Waals surface area contributed by atoms with Crippen LogP contribution < -0.4 is 20.1 Å². The molecule has 0 unspecified atom stereocenters. The van der Waals surface area contributed by atoms with Crippen LogP contribution in [0.15, 0.2) is 11.2 Å². The maximum Gasteiger partial charge on any atom is 0.221 e. The number of nitrogens with zero attached hydrogens (tertiary/aromatic N) is 2. The number of hydrogen-bond acceptors (Lipinski definition) is 7. The molecule has 3 heterocycles. The van der Waals surface area contributed by atoms with E-state index in [0.717, 1.165) is 51.9 Å². The lowest BCUT2D eigenvalue weighted by Crippen LogP contribution is -2.38. The smallest absolute Gasteiger partial charge is 0.221 e. The minimum absolute atomic E-state index is 0.183. The largest absolute Gasteiger partial charge is 0.473 e. The molecule has 0 bridgehead atoms. The van der Waals surface area contributed by atoms with Gasteiger partial charge >= 0.3 is 0 Å². The van der Waals surface area contributed by atoms with E-state index in [4.69, 9.17) is 9.47 Å². The highest BCUT2D eigenvalue weighted by Crippen LogP contribution is 2.24. The van der Waals surface area contributed by atoms with E-state index in [1.807, 2.05) is 12.3 Å². The van der Waals surface area contributed by atoms with Crippen LogP contribution in [-0.4, -0.2) is 54.6 Å². The number of rotatable bonds is 5. The molecular weight excluding hydrogens is 300 g/mol. The molecule has 0 spiro atoms. The molecule has 2 aliphatic heterocycles. The predicted octanol–water partition coefficient (Wildman–Crippen LogP) is 1.46. The summed E-state index contributed by atoms with van der Waals surface area (Å²) < 4.78 is 12.0. The minimum atomic E-state index is 0.183. The van der Waals surface area contributed by atoms with Gasteiger partial charge in [0.2, 0.25) is 11.8 Å². The molecule has 0 saturated carbocycles. The van der Waals surface area contributed by atoms with Crippen molar-refractivity contribution in [3.63, 3.8) is 0 Å². The van der Waals surface area contributed by atoms with Crippen LogP contribution in [0.25, 0.3) is 0 Å². The Balaban J connectivity index is 1.67. The number of thioether (sulfide) groups is 1. The summed E-state index contributed by atoms with van der Waals surface area (Å²) in [4.78, 5) is 8.89. The van der Waals surface area contributed by atoms with Gasteiger partial charge in [-0.25, -0.2) is 0 Å². The van der Waals surface area contributed by atoms with Gasteiger partial charge in [-0.3, -0.25) is 0 Å². The van der Waals surface area contributed by atoms with Crippen molar-refractivity contribution in [3.05, 3.63) is 6.07 Å². The fourth-order valence-corrected chi connectivity index (χ4v) is 3.14. The van der Waals surface area contributed by atoms with Gasteiger partial charge in [-0.2, -0.15) is 9.97 Å². The molecule has 2 saturated heterocycles. The normalized spacial score (nSPS) is 25.7. The van der Waals surface area contributed by atoms with Gasteiger partial charge < -0.3 is 20.1 Å². The van der Waals surface area contributed by atoms with Crippen LogP contribution in [0, 0.1) is 0 Å². The zero-order valence-corrected chi connectivity index (χ0v) is 13.8. The van der Waals surface area contributed by atoms with Crippen molar-refractivity contribution in [2.24, 2.45) is 0 Å². The van der Waals surface area contributed by atoms with Gasteiger partial charge in [0, 0.05) is 13.1 Å². The summed E-state index contributed by atoms with van der Waals surface area (Å²) in [6, 6.07) is 1.82. The summed E-state index contributed by atoms with van der Waals surface area (Å²) >= 11 is 1.51. The van der Waals surface area contributed by atoms with Crippen molar-refractivity contribution in [1.29, 1.82) is 0 Å². The molecule has 2 aliphatic rings. The number of nitrogens with one attached hydrogen (secondary N) is 2. The molecule has 3 rings (SSSR count). The molecule has 2 fully saturated rings. The van der Waals surface area contributed by atoms with Crippen LogP contribution in [0.5, 0.6) is 11.8 Å². The number of hydrogen-bond donors (Lipinski definition) is 2. The molecule has 1 aromatic rings. The molecule has 0 amide bonds. The third kappa shape index (κ3) is 4.47. The molecule has 2 N–H and O–H groups in total. The van der Waals surface area contributed by atoms with Crippen LogP contribution in [0.2, 0.25) is 0 Å². The first-order chi connectivity index (χ1) is 10.8. The Labute approximate surface area is 135 Å². The average molecular weight is 324 g/mol. The topological polar surface area (TPSA) is 68.3 Å².